The highest BCUT2D eigenvalue weighted by Gasteiger charge is 2.32. The van der Waals surface area contributed by atoms with Crippen molar-refractivity contribution in [1.29, 1.82) is 0 Å². The SMILES string of the molecule is CCN(CC)CCN(C(=O)c1cccc(C(F)(F)F)c1)c1nc2cc(C)cc(C)c2s1.Cl. The Morgan fingerprint density at radius 2 is 1.75 bits per heavy atom. The summed E-state index contributed by atoms with van der Waals surface area (Å²) in [6.07, 6.45) is -4.51. The third kappa shape index (κ3) is 5.79. The molecule has 2 aromatic carbocycles. The number of rotatable bonds is 7. The topological polar surface area (TPSA) is 36.4 Å². The summed E-state index contributed by atoms with van der Waals surface area (Å²) in [7, 11) is 0. The van der Waals surface area contributed by atoms with Gasteiger partial charge in [0.25, 0.3) is 5.91 Å². The second kappa shape index (κ2) is 10.6. The number of carbonyl (C=O) groups is 1. The van der Waals surface area contributed by atoms with Gasteiger partial charge in [0, 0.05) is 18.7 Å². The Kier molecular flexibility index (Phi) is 8.67. The number of fused-ring (bicyclic) bond motifs is 1. The number of carbonyl (C=O) groups excluding carboxylic acids is 1. The van der Waals surface area contributed by atoms with Crippen LogP contribution in [0.5, 0.6) is 0 Å². The van der Waals surface area contributed by atoms with Gasteiger partial charge < -0.3 is 4.90 Å². The van der Waals surface area contributed by atoms with Crippen LogP contribution in [0, 0.1) is 13.8 Å². The van der Waals surface area contributed by atoms with Crippen molar-refractivity contribution in [1.82, 2.24) is 9.88 Å². The first-order chi connectivity index (χ1) is 14.6. The van der Waals surface area contributed by atoms with Crippen LogP contribution in [0.1, 0.15) is 40.9 Å². The molecule has 0 aliphatic heterocycles. The summed E-state index contributed by atoms with van der Waals surface area (Å²) in [5, 5.41) is 0.498. The Hall–Kier alpha value is -2.16. The first kappa shape index (κ1) is 26.1. The third-order valence-corrected chi connectivity index (χ3v) is 6.49. The van der Waals surface area contributed by atoms with E-state index in [1.54, 1.807) is 0 Å². The van der Waals surface area contributed by atoms with Gasteiger partial charge in [0.1, 0.15) is 0 Å². The number of aromatic nitrogens is 1. The molecule has 0 saturated carbocycles. The fraction of sp³-hybridized carbons (Fsp3) is 0.391. The van der Waals surface area contributed by atoms with Crippen LogP contribution in [0.4, 0.5) is 18.3 Å². The predicted molar refractivity (Wildman–Crippen MR) is 127 cm³/mol. The van der Waals surface area contributed by atoms with E-state index in [0.29, 0.717) is 18.2 Å². The van der Waals surface area contributed by atoms with Crippen LogP contribution in [0.3, 0.4) is 0 Å². The minimum atomic E-state index is -4.51. The maximum Gasteiger partial charge on any atom is 0.416 e. The highest BCUT2D eigenvalue weighted by molar-refractivity contribution is 7.22. The Morgan fingerprint density at radius 3 is 2.38 bits per heavy atom. The predicted octanol–water partition coefficient (Wildman–Crippen LogP) is 6.34. The number of benzene rings is 2. The summed E-state index contributed by atoms with van der Waals surface area (Å²) in [4.78, 5) is 21.7. The average molecular weight is 486 g/mol. The maximum atomic E-state index is 13.3. The van der Waals surface area contributed by atoms with E-state index in [9.17, 15) is 18.0 Å². The molecule has 32 heavy (non-hydrogen) atoms. The molecule has 0 unspecified atom stereocenters. The molecule has 3 rings (SSSR count). The molecule has 1 aromatic heterocycles. The van der Waals surface area contributed by atoms with E-state index in [1.807, 2.05) is 33.8 Å². The van der Waals surface area contributed by atoms with Crippen molar-refractivity contribution in [2.75, 3.05) is 31.1 Å². The van der Waals surface area contributed by atoms with Gasteiger partial charge in [-0.3, -0.25) is 9.69 Å². The monoisotopic (exact) mass is 485 g/mol. The fourth-order valence-electron chi connectivity index (χ4n) is 3.53. The summed E-state index contributed by atoms with van der Waals surface area (Å²) < 4.78 is 40.5. The molecule has 0 spiro atoms. The largest absolute Gasteiger partial charge is 0.416 e. The minimum absolute atomic E-state index is 0. The van der Waals surface area contributed by atoms with Crippen molar-refractivity contribution in [3.05, 3.63) is 58.7 Å². The number of anilines is 1. The number of likely N-dealkylation sites (N-methyl/N-ethyl adjacent to an activating group) is 1. The van der Waals surface area contributed by atoms with E-state index < -0.39 is 17.6 Å². The van der Waals surface area contributed by atoms with Gasteiger partial charge in [-0.25, -0.2) is 4.98 Å². The van der Waals surface area contributed by atoms with Crippen LogP contribution < -0.4 is 4.90 Å². The normalized spacial score (nSPS) is 11.6. The van der Waals surface area contributed by atoms with Crippen molar-refractivity contribution < 1.29 is 18.0 Å². The van der Waals surface area contributed by atoms with E-state index in [1.165, 1.54) is 28.4 Å². The number of hydrogen-bond donors (Lipinski definition) is 0. The zero-order chi connectivity index (χ0) is 22.8. The zero-order valence-electron chi connectivity index (χ0n) is 18.5. The fourth-order valence-corrected chi connectivity index (χ4v) is 4.57. The summed E-state index contributed by atoms with van der Waals surface area (Å²) in [6.45, 7) is 10.6. The molecule has 9 heteroatoms. The number of hydrogen-bond acceptors (Lipinski definition) is 4. The minimum Gasteiger partial charge on any atom is -0.302 e. The number of amides is 1. The van der Waals surface area contributed by atoms with E-state index in [4.69, 9.17) is 0 Å². The summed E-state index contributed by atoms with van der Waals surface area (Å²) in [6, 6.07) is 8.59. The standard InChI is InChI=1S/C23H26F3N3OS.ClH/c1-5-28(6-2)10-11-29(21(30)17-8-7-9-18(14-17)23(24,25)26)22-27-19-13-15(3)12-16(4)20(19)31-22;/h7-9,12-14H,5-6,10-11H2,1-4H3;1H. The van der Waals surface area contributed by atoms with E-state index in [-0.39, 0.29) is 18.0 Å². The Labute approximate surface area is 196 Å². The van der Waals surface area contributed by atoms with Crippen molar-refractivity contribution in [3.8, 4) is 0 Å². The molecule has 1 heterocycles. The summed E-state index contributed by atoms with van der Waals surface area (Å²) in [5.41, 5.74) is 2.09. The van der Waals surface area contributed by atoms with Crippen molar-refractivity contribution in [2.45, 2.75) is 33.9 Å². The van der Waals surface area contributed by atoms with Gasteiger partial charge in [-0.05, 0) is 62.3 Å². The molecule has 3 aromatic rings. The highest BCUT2D eigenvalue weighted by Crippen LogP contribution is 2.34. The quantitative estimate of drug-likeness (QED) is 0.391. The van der Waals surface area contributed by atoms with Crippen molar-refractivity contribution in [2.24, 2.45) is 0 Å². The summed E-state index contributed by atoms with van der Waals surface area (Å²) >= 11 is 1.39. The number of thiazole rings is 1. The Morgan fingerprint density at radius 1 is 1.06 bits per heavy atom. The Bertz CT molecular complexity index is 1080. The highest BCUT2D eigenvalue weighted by atomic mass is 35.5. The number of alkyl halides is 3. The van der Waals surface area contributed by atoms with Gasteiger partial charge in [-0.15, -0.1) is 12.4 Å². The third-order valence-electron chi connectivity index (χ3n) is 5.26. The van der Waals surface area contributed by atoms with Gasteiger partial charge in [-0.2, -0.15) is 13.2 Å². The molecular weight excluding hydrogens is 459 g/mol. The van der Waals surface area contributed by atoms with Crippen LogP contribution in [0.25, 0.3) is 10.2 Å². The molecule has 0 saturated heterocycles. The molecule has 0 aliphatic carbocycles. The van der Waals surface area contributed by atoms with Crippen LogP contribution in [0.2, 0.25) is 0 Å². The van der Waals surface area contributed by atoms with Gasteiger partial charge in [0.15, 0.2) is 5.13 Å². The van der Waals surface area contributed by atoms with Crippen molar-refractivity contribution >= 4 is 45.0 Å². The van der Waals surface area contributed by atoms with Gasteiger partial charge >= 0.3 is 6.18 Å². The zero-order valence-corrected chi connectivity index (χ0v) is 20.1. The lowest BCUT2D eigenvalue weighted by atomic mass is 10.1. The first-order valence-electron chi connectivity index (χ1n) is 10.2. The lowest BCUT2D eigenvalue weighted by Crippen LogP contribution is -2.39. The van der Waals surface area contributed by atoms with Crippen LogP contribution in [-0.2, 0) is 6.18 Å². The molecule has 0 aliphatic rings. The molecule has 1 amide bonds. The van der Waals surface area contributed by atoms with Crippen molar-refractivity contribution in [3.63, 3.8) is 0 Å². The number of aryl methyl sites for hydroxylation is 2. The number of nitrogens with zero attached hydrogens (tertiary/aromatic N) is 3. The van der Waals surface area contributed by atoms with Gasteiger partial charge in [-0.1, -0.05) is 37.3 Å². The molecule has 0 fully saturated rings. The molecule has 0 N–H and O–H groups in total. The second-order valence-electron chi connectivity index (χ2n) is 7.49. The van der Waals surface area contributed by atoms with Crippen LogP contribution >= 0.6 is 23.7 Å². The second-order valence-corrected chi connectivity index (χ2v) is 8.47. The molecule has 0 bridgehead atoms. The molecule has 0 atom stereocenters. The summed E-state index contributed by atoms with van der Waals surface area (Å²) in [5.74, 6) is -0.480. The average Bonchev–Trinajstić information content (AvgIpc) is 3.14. The molecule has 0 radical (unpaired) electrons. The van der Waals surface area contributed by atoms with E-state index in [0.717, 1.165) is 46.6 Å². The van der Waals surface area contributed by atoms with Gasteiger partial charge in [0.2, 0.25) is 0 Å². The number of halogens is 4. The smallest absolute Gasteiger partial charge is 0.302 e. The maximum absolute atomic E-state index is 13.3. The molecule has 174 valence electrons. The van der Waals surface area contributed by atoms with Crippen LogP contribution in [0.15, 0.2) is 36.4 Å². The van der Waals surface area contributed by atoms with Crippen LogP contribution in [-0.4, -0.2) is 42.0 Å². The van der Waals surface area contributed by atoms with E-state index >= 15 is 0 Å². The molecule has 4 nitrogen and oxygen atoms in total. The lowest BCUT2D eigenvalue weighted by molar-refractivity contribution is -0.137. The van der Waals surface area contributed by atoms with Gasteiger partial charge in [0.05, 0.1) is 15.8 Å². The lowest BCUT2D eigenvalue weighted by Gasteiger charge is -2.25. The Balaban J connectivity index is 0.00000363. The first-order valence-corrected chi connectivity index (χ1v) is 11.0. The van der Waals surface area contributed by atoms with E-state index in [2.05, 4.69) is 16.0 Å². The molecular formula is C23H27ClF3N3OS.